The highest BCUT2D eigenvalue weighted by molar-refractivity contribution is 5.86. The lowest BCUT2D eigenvalue weighted by Crippen LogP contribution is -2.49. The summed E-state index contributed by atoms with van der Waals surface area (Å²) in [6.45, 7) is 1.82. The second-order valence-corrected chi connectivity index (χ2v) is 3.81. The van der Waals surface area contributed by atoms with Crippen LogP contribution in [0.4, 0.5) is 0 Å². The molecule has 14 heavy (non-hydrogen) atoms. The number of rotatable bonds is 4. The predicted molar refractivity (Wildman–Crippen MR) is 51.2 cm³/mol. The van der Waals surface area contributed by atoms with Crippen LogP contribution in [-0.2, 0) is 4.79 Å². The molecule has 1 amide bonds. The molecule has 0 bridgehead atoms. The van der Waals surface area contributed by atoms with Crippen LogP contribution in [0.3, 0.4) is 0 Å². The van der Waals surface area contributed by atoms with Gasteiger partial charge >= 0.3 is 0 Å². The third kappa shape index (κ3) is 1.88. The molecule has 1 aliphatic rings. The molecule has 1 fully saturated rings. The molecular formula is C10H16N2O2. The van der Waals surface area contributed by atoms with E-state index in [0.717, 1.165) is 6.42 Å². The zero-order valence-corrected chi connectivity index (χ0v) is 8.42. The van der Waals surface area contributed by atoms with Gasteiger partial charge in [-0.3, -0.25) is 4.79 Å². The van der Waals surface area contributed by atoms with Crippen LogP contribution < -0.4 is 5.32 Å². The molecule has 78 valence electrons. The highest BCUT2D eigenvalue weighted by Crippen LogP contribution is 2.40. The van der Waals surface area contributed by atoms with Gasteiger partial charge in [-0.05, 0) is 25.7 Å². The second kappa shape index (κ2) is 4.43. The summed E-state index contributed by atoms with van der Waals surface area (Å²) < 4.78 is 0. The molecule has 4 nitrogen and oxygen atoms in total. The normalized spacial score (nSPS) is 20.4. The Balaban J connectivity index is 2.53. The summed E-state index contributed by atoms with van der Waals surface area (Å²) in [6.07, 6.45) is 2.93. The Morgan fingerprint density at radius 1 is 1.71 bits per heavy atom. The van der Waals surface area contributed by atoms with Crippen LogP contribution >= 0.6 is 0 Å². The maximum Gasteiger partial charge on any atom is 0.240 e. The maximum absolute atomic E-state index is 11.7. The first-order chi connectivity index (χ1) is 6.68. The van der Waals surface area contributed by atoms with Crippen LogP contribution in [0, 0.1) is 16.7 Å². The summed E-state index contributed by atoms with van der Waals surface area (Å²) in [4.78, 5) is 11.7. The number of nitrogens with one attached hydrogen (secondary N) is 1. The van der Waals surface area contributed by atoms with Crippen molar-refractivity contribution in [3.05, 3.63) is 0 Å². The van der Waals surface area contributed by atoms with Crippen molar-refractivity contribution in [2.45, 2.75) is 38.6 Å². The quantitative estimate of drug-likeness (QED) is 0.690. The van der Waals surface area contributed by atoms with Gasteiger partial charge in [0.25, 0.3) is 0 Å². The van der Waals surface area contributed by atoms with Crippen LogP contribution in [0.15, 0.2) is 0 Å². The van der Waals surface area contributed by atoms with Gasteiger partial charge in [0, 0.05) is 0 Å². The van der Waals surface area contributed by atoms with Crippen LogP contribution in [0.25, 0.3) is 0 Å². The van der Waals surface area contributed by atoms with Gasteiger partial charge in [0.05, 0.1) is 18.7 Å². The Morgan fingerprint density at radius 3 is 2.64 bits per heavy atom. The topological polar surface area (TPSA) is 73.1 Å². The van der Waals surface area contributed by atoms with Crippen molar-refractivity contribution in [1.82, 2.24) is 5.32 Å². The van der Waals surface area contributed by atoms with Gasteiger partial charge in [0.15, 0.2) is 0 Å². The SMILES string of the molecule is CC[C@H](CO)NC(=O)C1(C#N)CCC1. The van der Waals surface area contributed by atoms with E-state index in [1.54, 1.807) is 0 Å². The van der Waals surface area contributed by atoms with Gasteiger partial charge in [0.2, 0.25) is 5.91 Å². The average Bonchev–Trinajstić information content (AvgIpc) is 2.13. The molecule has 0 saturated heterocycles. The van der Waals surface area contributed by atoms with Crippen molar-refractivity contribution in [3.8, 4) is 6.07 Å². The summed E-state index contributed by atoms with van der Waals surface area (Å²) in [5.74, 6) is -0.216. The number of carbonyl (C=O) groups is 1. The first-order valence-electron chi connectivity index (χ1n) is 5.01. The first kappa shape index (κ1) is 11.0. The largest absolute Gasteiger partial charge is 0.394 e. The van der Waals surface area contributed by atoms with Crippen molar-refractivity contribution in [2.24, 2.45) is 5.41 Å². The maximum atomic E-state index is 11.7. The highest BCUT2D eigenvalue weighted by atomic mass is 16.3. The highest BCUT2D eigenvalue weighted by Gasteiger charge is 2.44. The van der Waals surface area contributed by atoms with Crippen molar-refractivity contribution < 1.29 is 9.90 Å². The lowest BCUT2D eigenvalue weighted by Gasteiger charge is -2.34. The minimum atomic E-state index is -0.803. The molecule has 0 radical (unpaired) electrons. The molecule has 0 aliphatic heterocycles. The molecular weight excluding hydrogens is 180 g/mol. The summed E-state index contributed by atoms with van der Waals surface area (Å²) in [6, 6.07) is 1.86. The number of nitrogens with zero attached hydrogens (tertiary/aromatic N) is 1. The lowest BCUT2D eigenvalue weighted by atomic mass is 9.69. The molecule has 1 rings (SSSR count). The number of amides is 1. The monoisotopic (exact) mass is 196 g/mol. The van der Waals surface area contributed by atoms with Gasteiger partial charge in [-0.25, -0.2) is 0 Å². The Hall–Kier alpha value is -1.08. The molecule has 0 spiro atoms. The third-order valence-corrected chi connectivity index (χ3v) is 2.90. The summed E-state index contributed by atoms with van der Waals surface area (Å²) in [5, 5.41) is 20.5. The predicted octanol–water partition coefficient (Wildman–Crippen LogP) is 0.567. The third-order valence-electron chi connectivity index (χ3n) is 2.90. The zero-order chi connectivity index (χ0) is 10.6. The van der Waals surface area contributed by atoms with E-state index in [1.165, 1.54) is 0 Å². The van der Waals surface area contributed by atoms with E-state index in [9.17, 15) is 4.79 Å². The Morgan fingerprint density at radius 2 is 2.36 bits per heavy atom. The van der Waals surface area contributed by atoms with Gasteiger partial charge in [-0.15, -0.1) is 0 Å². The molecule has 4 heteroatoms. The molecule has 0 aromatic heterocycles. The van der Waals surface area contributed by atoms with E-state index in [1.807, 2.05) is 6.92 Å². The van der Waals surface area contributed by atoms with Crippen LogP contribution in [-0.4, -0.2) is 23.7 Å². The number of nitriles is 1. The summed E-state index contributed by atoms with van der Waals surface area (Å²) in [7, 11) is 0. The summed E-state index contributed by atoms with van der Waals surface area (Å²) in [5.41, 5.74) is -0.803. The Kier molecular flexibility index (Phi) is 3.48. The van der Waals surface area contributed by atoms with E-state index in [4.69, 9.17) is 10.4 Å². The van der Waals surface area contributed by atoms with Gasteiger partial charge < -0.3 is 10.4 Å². The standard InChI is InChI=1S/C10H16N2O2/c1-2-8(6-13)12-9(14)10(7-11)4-3-5-10/h8,13H,2-6H2,1H3,(H,12,14)/t8-/m1/s1. The molecule has 0 aromatic rings. The molecule has 0 heterocycles. The van der Waals surface area contributed by atoms with Crippen LogP contribution in [0.1, 0.15) is 32.6 Å². The first-order valence-corrected chi connectivity index (χ1v) is 5.01. The van der Waals surface area contributed by atoms with E-state index in [0.29, 0.717) is 19.3 Å². The summed E-state index contributed by atoms with van der Waals surface area (Å²) >= 11 is 0. The number of aliphatic hydroxyl groups excluding tert-OH is 1. The zero-order valence-electron chi connectivity index (χ0n) is 8.42. The Bertz CT molecular complexity index is 249. The number of carbonyl (C=O) groups excluding carboxylic acids is 1. The van der Waals surface area contributed by atoms with Crippen molar-refractivity contribution >= 4 is 5.91 Å². The number of aliphatic hydroxyl groups is 1. The Labute approximate surface area is 83.9 Å². The lowest BCUT2D eigenvalue weighted by molar-refractivity contribution is -0.132. The van der Waals surface area contributed by atoms with Gasteiger partial charge in [-0.2, -0.15) is 5.26 Å². The van der Waals surface area contributed by atoms with E-state index < -0.39 is 5.41 Å². The second-order valence-electron chi connectivity index (χ2n) is 3.81. The number of hydrogen-bond acceptors (Lipinski definition) is 3. The molecule has 1 aliphatic carbocycles. The number of hydrogen-bond donors (Lipinski definition) is 2. The van der Waals surface area contributed by atoms with Crippen LogP contribution in [0.5, 0.6) is 0 Å². The fraction of sp³-hybridized carbons (Fsp3) is 0.800. The molecule has 0 unspecified atom stereocenters. The van der Waals surface area contributed by atoms with Gasteiger partial charge in [0.1, 0.15) is 5.41 Å². The van der Waals surface area contributed by atoms with Crippen molar-refractivity contribution in [2.75, 3.05) is 6.61 Å². The average molecular weight is 196 g/mol. The molecule has 1 atom stereocenters. The minimum absolute atomic E-state index is 0.0657. The van der Waals surface area contributed by atoms with Crippen molar-refractivity contribution in [3.63, 3.8) is 0 Å². The van der Waals surface area contributed by atoms with E-state index >= 15 is 0 Å². The molecule has 2 N–H and O–H groups in total. The van der Waals surface area contributed by atoms with E-state index in [-0.39, 0.29) is 18.6 Å². The van der Waals surface area contributed by atoms with E-state index in [2.05, 4.69) is 11.4 Å². The molecule has 0 aromatic carbocycles. The molecule has 1 saturated carbocycles. The smallest absolute Gasteiger partial charge is 0.240 e. The minimum Gasteiger partial charge on any atom is -0.394 e. The van der Waals surface area contributed by atoms with Crippen molar-refractivity contribution in [1.29, 1.82) is 5.26 Å². The van der Waals surface area contributed by atoms with Gasteiger partial charge in [-0.1, -0.05) is 6.92 Å². The fourth-order valence-electron chi connectivity index (χ4n) is 1.52. The fourth-order valence-corrected chi connectivity index (χ4v) is 1.52. The van der Waals surface area contributed by atoms with Crippen LogP contribution in [0.2, 0.25) is 0 Å².